The van der Waals surface area contributed by atoms with Gasteiger partial charge in [-0.25, -0.2) is 0 Å². The maximum atomic E-state index is 5.48. The Morgan fingerprint density at radius 3 is 2.45 bits per heavy atom. The van der Waals surface area contributed by atoms with Crippen LogP contribution in [0.1, 0.15) is 28.3 Å². The monoisotopic (exact) mass is 269 g/mol. The Bertz CT molecular complexity index is 577. The summed E-state index contributed by atoms with van der Waals surface area (Å²) in [5, 5.41) is 3.41. The van der Waals surface area contributed by atoms with Crippen molar-refractivity contribution in [2.75, 3.05) is 14.2 Å². The minimum Gasteiger partial charge on any atom is -0.496 e. The van der Waals surface area contributed by atoms with Crippen LogP contribution in [0.3, 0.4) is 0 Å². The summed E-state index contributed by atoms with van der Waals surface area (Å²) in [6.45, 7) is 4.24. The minimum absolute atomic E-state index is 0.297. The van der Waals surface area contributed by atoms with Crippen molar-refractivity contribution < 1.29 is 4.74 Å². The van der Waals surface area contributed by atoms with Crippen LogP contribution in [0.4, 0.5) is 0 Å². The number of hydrogen-bond donors (Lipinski definition) is 1. The average Bonchev–Trinajstić information content (AvgIpc) is 2.45. The Morgan fingerprint density at radius 2 is 1.80 bits per heavy atom. The minimum atomic E-state index is 0.297. The molecule has 1 N–H and O–H groups in total. The fourth-order valence-corrected chi connectivity index (χ4v) is 2.56. The van der Waals surface area contributed by atoms with Crippen LogP contribution in [-0.2, 0) is 6.42 Å². The highest BCUT2D eigenvalue weighted by molar-refractivity contribution is 5.38. The molecule has 0 bridgehead atoms. The van der Waals surface area contributed by atoms with Crippen LogP contribution < -0.4 is 10.1 Å². The molecule has 1 atom stereocenters. The second-order valence-electron chi connectivity index (χ2n) is 5.27. The number of nitrogens with one attached hydrogen (secondary N) is 1. The Morgan fingerprint density at radius 1 is 1.05 bits per heavy atom. The summed E-state index contributed by atoms with van der Waals surface area (Å²) < 4.78 is 5.48. The van der Waals surface area contributed by atoms with Crippen molar-refractivity contribution in [1.82, 2.24) is 5.32 Å². The zero-order valence-corrected chi connectivity index (χ0v) is 12.7. The molecule has 2 rings (SSSR count). The molecule has 20 heavy (non-hydrogen) atoms. The zero-order chi connectivity index (χ0) is 14.5. The van der Waals surface area contributed by atoms with E-state index >= 15 is 0 Å². The van der Waals surface area contributed by atoms with Crippen molar-refractivity contribution in [3.63, 3.8) is 0 Å². The lowest BCUT2D eigenvalue weighted by molar-refractivity contribution is 0.406. The number of benzene rings is 2. The number of aryl methyl sites for hydroxylation is 2. The van der Waals surface area contributed by atoms with Crippen LogP contribution >= 0.6 is 0 Å². The summed E-state index contributed by atoms with van der Waals surface area (Å²) in [6.07, 6.45) is 0.921. The van der Waals surface area contributed by atoms with E-state index in [9.17, 15) is 0 Å². The highest BCUT2D eigenvalue weighted by Crippen LogP contribution is 2.26. The molecule has 106 valence electrons. The van der Waals surface area contributed by atoms with E-state index in [2.05, 4.69) is 55.6 Å². The molecule has 0 amide bonds. The summed E-state index contributed by atoms with van der Waals surface area (Å²) in [5.41, 5.74) is 5.11. The molecule has 0 aromatic heterocycles. The third-order valence-electron chi connectivity index (χ3n) is 3.65. The van der Waals surface area contributed by atoms with Crippen LogP contribution in [0, 0.1) is 13.8 Å². The Hall–Kier alpha value is -1.80. The van der Waals surface area contributed by atoms with Crippen molar-refractivity contribution in [2.24, 2.45) is 0 Å². The first-order valence-electron chi connectivity index (χ1n) is 7.01. The molecule has 0 aliphatic carbocycles. The summed E-state index contributed by atoms with van der Waals surface area (Å²) in [7, 11) is 3.74. The van der Waals surface area contributed by atoms with Crippen LogP contribution in [0.25, 0.3) is 0 Å². The van der Waals surface area contributed by atoms with E-state index in [1.165, 1.54) is 22.3 Å². The van der Waals surface area contributed by atoms with Crippen LogP contribution in [0.2, 0.25) is 0 Å². The van der Waals surface area contributed by atoms with Crippen LogP contribution in [0.5, 0.6) is 5.75 Å². The van der Waals surface area contributed by atoms with Gasteiger partial charge in [0.05, 0.1) is 7.11 Å². The van der Waals surface area contributed by atoms with E-state index in [0.29, 0.717) is 6.04 Å². The van der Waals surface area contributed by atoms with Crippen molar-refractivity contribution in [1.29, 1.82) is 0 Å². The van der Waals surface area contributed by atoms with Gasteiger partial charge in [-0.1, -0.05) is 47.5 Å². The molecule has 2 aromatic carbocycles. The van der Waals surface area contributed by atoms with E-state index in [1.807, 2.05) is 13.1 Å². The second kappa shape index (κ2) is 6.58. The van der Waals surface area contributed by atoms with Crippen molar-refractivity contribution in [2.45, 2.75) is 26.3 Å². The fraction of sp³-hybridized carbons (Fsp3) is 0.333. The van der Waals surface area contributed by atoms with Gasteiger partial charge in [0.1, 0.15) is 5.75 Å². The molecule has 0 aliphatic heterocycles. The van der Waals surface area contributed by atoms with Gasteiger partial charge < -0.3 is 10.1 Å². The molecule has 0 saturated heterocycles. The Labute approximate surface area is 121 Å². The zero-order valence-electron chi connectivity index (χ0n) is 12.7. The maximum absolute atomic E-state index is 5.48. The molecule has 0 aliphatic rings. The number of likely N-dealkylation sites (N-methyl/N-ethyl adjacent to an activating group) is 1. The lowest BCUT2D eigenvalue weighted by atomic mass is 9.96. The standard InChI is InChI=1S/C18H23NO/c1-13-6-5-7-15(10-13)17(19-3)12-16-11-14(2)8-9-18(16)20-4/h5-11,17,19H,12H2,1-4H3. The van der Waals surface area contributed by atoms with Crippen molar-refractivity contribution in [3.05, 3.63) is 64.7 Å². The number of ether oxygens (including phenoxy) is 1. The Kier molecular flexibility index (Phi) is 4.80. The maximum Gasteiger partial charge on any atom is 0.122 e. The normalized spacial score (nSPS) is 12.2. The van der Waals surface area contributed by atoms with E-state index in [-0.39, 0.29) is 0 Å². The van der Waals surface area contributed by atoms with Crippen molar-refractivity contribution >= 4 is 0 Å². The largest absolute Gasteiger partial charge is 0.496 e. The molecule has 2 heteroatoms. The van der Waals surface area contributed by atoms with Gasteiger partial charge in [0.2, 0.25) is 0 Å². The van der Waals surface area contributed by atoms with Crippen molar-refractivity contribution in [3.8, 4) is 5.75 Å². The van der Waals surface area contributed by atoms with Gasteiger partial charge in [0, 0.05) is 6.04 Å². The first-order chi connectivity index (χ1) is 9.63. The smallest absolute Gasteiger partial charge is 0.122 e. The van der Waals surface area contributed by atoms with Gasteiger partial charge in [0.25, 0.3) is 0 Å². The van der Waals surface area contributed by atoms with Gasteiger partial charge in [0.15, 0.2) is 0 Å². The molecule has 0 radical (unpaired) electrons. The lowest BCUT2D eigenvalue weighted by Crippen LogP contribution is -2.19. The summed E-state index contributed by atoms with van der Waals surface area (Å²) in [6, 6.07) is 15.3. The van der Waals surface area contributed by atoms with E-state index in [1.54, 1.807) is 7.11 Å². The SMILES string of the molecule is CNC(Cc1cc(C)ccc1OC)c1cccc(C)c1. The van der Waals surface area contributed by atoms with E-state index in [4.69, 9.17) is 4.74 Å². The van der Waals surface area contributed by atoms with Gasteiger partial charge in [-0.2, -0.15) is 0 Å². The quantitative estimate of drug-likeness (QED) is 0.891. The molecular formula is C18H23NO. The molecular weight excluding hydrogens is 246 g/mol. The summed E-state index contributed by atoms with van der Waals surface area (Å²) >= 11 is 0. The third kappa shape index (κ3) is 3.40. The molecule has 2 aromatic rings. The summed E-state index contributed by atoms with van der Waals surface area (Å²) in [4.78, 5) is 0. The van der Waals surface area contributed by atoms with Gasteiger partial charge in [-0.15, -0.1) is 0 Å². The molecule has 0 fully saturated rings. The van der Waals surface area contributed by atoms with Gasteiger partial charge in [-0.05, 0) is 44.5 Å². The molecule has 0 spiro atoms. The highest BCUT2D eigenvalue weighted by atomic mass is 16.5. The van der Waals surface area contributed by atoms with E-state index in [0.717, 1.165) is 12.2 Å². The first kappa shape index (κ1) is 14.6. The van der Waals surface area contributed by atoms with Crippen LogP contribution in [-0.4, -0.2) is 14.2 Å². The number of methoxy groups -OCH3 is 1. The topological polar surface area (TPSA) is 21.3 Å². The fourth-order valence-electron chi connectivity index (χ4n) is 2.56. The predicted molar refractivity (Wildman–Crippen MR) is 84.4 cm³/mol. The Balaban J connectivity index is 2.28. The predicted octanol–water partition coefficient (Wildman–Crippen LogP) is 3.82. The first-order valence-corrected chi connectivity index (χ1v) is 7.01. The molecule has 0 saturated carbocycles. The molecule has 1 unspecified atom stereocenters. The number of rotatable bonds is 5. The van der Waals surface area contributed by atoms with E-state index < -0.39 is 0 Å². The molecule has 2 nitrogen and oxygen atoms in total. The van der Waals surface area contributed by atoms with Gasteiger partial charge in [-0.3, -0.25) is 0 Å². The lowest BCUT2D eigenvalue weighted by Gasteiger charge is -2.19. The highest BCUT2D eigenvalue weighted by Gasteiger charge is 2.13. The summed E-state index contributed by atoms with van der Waals surface area (Å²) in [5.74, 6) is 0.962. The van der Waals surface area contributed by atoms with Crippen LogP contribution in [0.15, 0.2) is 42.5 Å². The average molecular weight is 269 g/mol. The number of hydrogen-bond acceptors (Lipinski definition) is 2. The molecule has 0 heterocycles. The second-order valence-corrected chi connectivity index (χ2v) is 5.27. The van der Waals surface area contributed by atoms with Gasteiger partial charge >= 0.3 is 0 Å². The third-order valence-corrected chi connectivity index (χ3v) is 3.65.